The molecule has 0 radical (unpaired) electrons. The van der Waals surface area contributed by atoms with Crippen molar-refractivity contribution in [3.8, 4) is 5.75 Å². The van der Waals surface area contributed by atoms with Crippen LogP contribution in [0.15, 0.2) is 41.1 Å². The third kappa shape index (κ3) is 3.58. The lowest BCUT2D eigenvalue weighted by atomic mass is 9.99. The molecular formula is C16H18BrNO2. The van der Waals surface area contributed by atoms with Gasteiger partial charge in [-0.25, -0.2) is 0 Å². The summed E-state index contributed by atoms with van der Waals surface area (Å²) in [6.07, 6.45) is 3.58. The lowest BCUT2D eigenvalue weighted by molar-refractivity contribution is 0.218. The van der Waals surface area contributed by atoms with Crippen molar-refractivity contribution in [3.63, 3.8) is 0 Å². The minimum absolute atomic E-state index is 0.650. The lowest BCUT2D eigenvalue weighted by Gasteiger charge is -2.15. The third-order valence-corrected chi connectivity index (χ3v) is 3.55. The Hall–Kier alpha value is -1.39. The maximum atomic E-state index is 10.5. The normalized spacial score (nSPS) is 12.2. The van der Waals surface area contributed by atoms with E-state index in [9.17, 15) is 5.11 Å². The minimum atomic E-state index is -0.704. The number of aliphatic hydroxyl groups excluding tert-OH is 1. The van der Waals surface area contributed by atoms with Crippen LogP contribution in [0.25, 0.3) is 0 Å². The highest BCUT2D eigenvalue weighted by molar-refractivity contribution is 9.10. The fourth-order valence-corrected chi connectivity index (χ4v) is 2.35. The molecule has 1 heterocycles. The van der Waals surface area contributed by atoms with Gasteiger partial charge in [0, 0.05) is 16.2 Å². The molecule has 1 atom stereocenters. The van der Waals surface area contributed by atoms with Crippen molar-refractivity contribution in [2.45, 2.75) is 26.4 Å². The van der Waals surface area contributed by atoms with Gasteiger partial charge in [0.1, 0.15) is 11.9 Å². The van der Waals surface area contributed by atoms with Crippen LogP contribution in [0, 0.1) is 6.92 Å². The molecule has 0 saturated carbocycles. The van der Waals surface area contributed by atoms with Crippen molar-refractivity contribution in [2.75, 3.05) is 6.61 Å². The third-order valence-electron chi connectivity index (χ3n) is 3.06. The number of aliphatic hydroxyl groups is 1. The molecule has 0 aliphatic rings. The summed E-state index contributed by atoms with van der Waals surface area (Å²) in [4.78, 5) is 4.14. The van der Waals surface area contributed by atoms with Gasteiger partial charge in [0.2, 0.25) is 0 Å². The molecule has 1 N–H and O–H groups in total. The Morgan fingerprint density at radius 3 is 2.85 bits per heavy atom. The van der Waals surface area contributed by atoms with Gasteiger partial charge in [0.25, 0.3) is 0 Å². The summed E-state index contributed by atoms with van der Waals surface area (Å²) >= 11 is 3.43. The first-order valence-corrected chi connectivity index (χ1v) is 7.43. The summed E-state index contributed by atoms with van der Waals surface area (Å²) < 4.78 is 6.50. The van der Waals surface area contributed by atoms with E-state index in [-0.39, 0.29) is 0 Å². The summed E-state index contributed by atoms with van der Waals surface area (Å²) in [5.74, 6) is 0.691. The van der Waals surface area contributed by atoms with Crippen LogP contribution in [-0.4, -0.2) is 16.7 Å². The molecule has 0 fully saturated rings. The quantitative estimate of drug-likeness (QED) is 0.897. The van der Waals surface area contributed by atoms with Crippen molar-refractivity contribution < 1.29 is 9.84 Å². The zero-order chi connectivity index (χ0) is 14.5. The number of rotatable bonds is 5. The standard InChI is InChI=1S/C16H18BrNO2/c1-3-6-20-14-7-12(9-18-10-14)16(19)15-8-13(17)5-4-11(15)2/h4-5,7-10,16,19H,3,6H2,1-2H3. The van der Waals surface area contributed by atoms with Crippen molar-refractivity contribution in [3.05, 3.63) is 57.8 Å². The number of benzene rings is 1. The molecule has 2 aromatic rings. The van der Waals surface area contributed by atoms with Gasteiger partial charge >= 0.3 is 0 Å². The Bertz CT molecular complexity index is 586. The fourth-order valence-electron chi connectivity index (χ4n) is 1.97. The predicted molar refractivity (Wildman–Crippen MR) is 83.0 cm³/mol. The zero-order valence-electron chi connectivity index (χ0n) is 11.6. The van der Waals surface area contributed by atoms with Gasteiger partial charge in [-0.1, -0.05) is 28.9 Å². The number of hydrogen-bond acceptors (Lipinski definition) is 3. The van der Waals surface area contributed by atoms with Crippen molar-refractivity contribution >= 4 is 15.9 Å². The van der Waals surface area contributed by atoms with E-state index in [1.807, 2.05) is 31.2 Å². The molecule has 0 aliphatic carbocycles. The maximum absolute atomic E-state index is 10.5. The van der Waals surface area contributed by atoms with Gasteiger partial charge in [-0.3, -0.25) is 4.98 Å². The molecule has 0 bridgehead atoms. The van der Waals surface area contributed by atoms with E-state index >= 15 is 0 Å². The van der Waals surface area contributed by atoms with Gasteiger partial charge < -0.3 is 9.84 Å². The summed E-state index contributed by atoms with van der Waals surface area (Å²) in [5, 5.41) is 10.5. The van der Waals surface area contributed by atoms with Crippen molar-refractivity contribution in [1.82, 2.24) is 4.98 Å². The van der Waals surface area contributed by atoms with Crippen LogP contribution in [0.2, 0.25) is 0 Å². The topological polar surface area (TPSA) is 42.4 Å². The monoisotopic (exact) mass is 335 g/mol. The predicted octanol–water partition coefficient (Wildman–Crippen LogP) is 4.02. The Morgan fingerprint density at radius 1 is 1.30 bits per heavy atom. The molecule has 1 aromatic carbocycles. The second-order valence-corrected chi connectivity index (χ2v) is 5.62. The van der Waals surface area contributed by atoms with E-state index in [1.54, 1.807) is 12.4 Å². The minimum Gasteiger partial charge on any atom is -0.492 e. The number of ether oxygens (including phenoxy) is 1. The Morgan fingerprint density at radius 2 is 2.10 bits per heavy atom. The molecule has 106 valence electrons. The smallest absolute Gasteiger partial charge is 0.137 e. The highest BCUT2D eigenvalue weighted by Gasteiger charge is 2.14. The summed E-state index contributed by atoms with van der Waals surface area (Å²) in [6, 6.07) is 7.71. The van der Waals surface area contributed by atoms with Gasteiger partial charge in [-0.15, -0.1) is 0 Å². The van der Waals surface area contributed by atoms with Crippen LogP contribution < -0.4 is 4.74 Å². The zero-order valence-corrected chi connectivity index (χ0v) is 13.2. The number of pyridine rings is 1. The van der Waals surface area contributed by atoms with Crippen molar-refractivity contribution in [2.24, 2.45) is 0 Å². The van der Waals surface area contributed by atoms with Gasteiger partial charge in [-0.05, 0) is 42.7 Å². The van der Waals surface area contributed by atoms with E-state index in [1.165, 1.54) is 0 Å². The SMILES string of the molecule is CCCOc1cncc(C(O)c2cc(Br)ccc2C)c1. The van der Waals surface area contributed by atoms with Gasteiger partial charge in [0.15, 0.2) is 0 Å². The largest absolute Gasteiger partial charge is 0.492 e. The molecule has 1 aromatic heterocycles. The van der Waals surface area contributed by atoms with E-state index in [0.717, 1.165) is 27.6 Å². The van der Waals surface area contributed by atoms with Crippen LogP contribution in [-0.2, 0) is 0 Å². The van der Waals surface area contributed by atoms with Crippen LogP contribution in [0.5, 0.6) is 5.75 Å². The van der Waals surface area contributed by atoms with Gasteiger partial charge in [-0.2, -0.15) is 0 Å². The van der Waals surface area contributed by atoms with E-state index in [4.69, 9.17) is 4.74 Å². The molecule has 20 heavy (non-hydrogen) atoms. The molecule has 3 nitrogen and oxygen atoms in total. The first-order valence-electron chi connectivity index (χ1n) is 6.63. The highest BCUT2D eigenvalue weighted by Crippen LogP contribution is 2.28. The maximum Gasteiger partial charge on any atom is 0.137 e. The molecule has 4 heteroatoms. The summed E-state index contributed by atoms with van der Waals surface area (Å²) in [7, 11) is 0. The first-order chi connectivity index (χ1) is 9.61. The van der Waals surface area contributed by atoms with E-state index in [2.05, 4.69) is 27.8 Å². The molecule has 0 aliphatic heterocycles. The summed E-state index contributed by atoms with van der Waals surface area (Å²) in [6.45, 7) is 4.68. The number of hydrogen-bond donors (Lipinski definition) is 1. The molecular weight excluding hydrogens is 318 g/mol. The number of nitrogens with zero attached hydrogens (tertiary/aromatic N) is 1. The molecule has 2 rings (SSSR count). The second kappa shape index (κ2) is 6.86. The summed E-state index contributed by atoms with van der Waals surface area (Å²) in [5.41, 5.74) is 2.65. The Kier molecular flexibility index (Phi) is 5.15. The molecule has 0 amide bonds. The lowest BCUT2D eigenvalue weighted by Crippen LogP contribution is -2.04. The first kappa shape index (κ1) is 15.0. The average molecular weight is 336 g/mol. The van der Waals surface area contributed by atoms with Crippen LogP contribution in [0.1, 0.15) is 36.1 Å². The number of halogens is 1. The van der Waals surface area contributed by atoms with Gasteiger partial charge in [0.05, 0.1) is 12.8 Å². The Labute approximate surface area is 127 Å². The fraction of sp³-hybridized carbons (Fsp3) is 0.312. The average Bonchev–Trinajstić information content (AvgIpc) is 2.47. The Balaban J connectivity index is 2.28. The van der Waals surface area contributed by atoms with Crippen LogP contribution in [0.3, 0.4) is 0 Å². The highest BCUT2D eigenvalue weighted by atomic mass is 79.9. The van der Waals surface area contributed by atoms with Crippen LogP contribution in [0.4, 0.5) is 0 Å². The number of aryl methyl sites for hydroxylation is 1. The molecule has 1 unspecified atom stereocenters. The number of aromatic nitrogens is 1. The molecule has 0 spiro atoms. The van der Waals surface area contributed by atoms with Crippen molar-refractivity contribution in [1.29, 1.82) is 0 Å². The molecule has 0 saturated heterocycles. The van der Waals surface area contributed by atoms with Crippen LogP contribution >= 0.6 is 15.9 Å². The van der Waals surface area contributed by atoms with E-state index < -0.39 is 6.10 Å². The second-order valence-electron chi connectivity index (χ2n) is 4.71. The van der Waals surface area contributed by atoms with E-state index in [0.29, 0.717) is 12.4 Å².